The Balaban J connectivity index is 1.20. The number of hydrogen-bond donors (Lipinski definition) is 1. The zero-order valence-corrected chi connectivity index (χ0v) is 23.7. The molecule has 39 heavy (non-hydrogen) atoms. The van der Waals surface area contributed by atoms with Gasteiger partial charge in [-0.2, -0.15) is 4.31 Å². The first-order valence-electron chi connectivity index (χ1n) is 13.4. The van der Waals surface area contributed by atoms with Crippen molar-refractivity contribution in [2.75, 3.05) is 38.1 Å². The predicted octanol–water partition coefficient (Wildman–Crippen LogP) is 4.56. The number of carbonyl (C=O) groups is 2. The van der Waals surface area contributed by atoms with E-state index < -0.39 is 10.0 Å². The monoisotopic (exact) mass is 567 g/mol. The highest BCUT2D eigenvalue weighted by molar-refractivity contribution is 7.89. The lowest BCUT2D eigenvalue weighted by Gasteiger charge is -2.34. The standard InChI is InChI=1S/C29H33N3O5S2/c1-2-37-29(34)26-24-10-6-7-11-25(24)38-28(26)30-27(33)22-14-12-21(13-15-22)20-31-16-18-32(19-17-31)39(35,36)23-8-4-3-5-9-23/h3-5,8-9,12-15H,2,6-7,10-11,16-20H2,1H3,(H,30,33). The molecule has 1 N–H and O–H groups in total. The minimum atomic E-state index is -3.48. The molecule has 0 saturated carbocycles. The average Bonchev–Trinajstić information content (AvgIpc) is 3.32. The number of benzene rings is 2. The predicted molar refractivity (Wildman–Crippen MR) is 152 cm³/mol. The Hall–Kier alpha value is -3.05. The Morgan fingerprint density at radius 2 is 1.64 bits per heavy atom. The lowest BCUT2D eigenvalue weighted by Crippen LogP contribution is -2.48. The summed E-state index contributed by atoms with van der Waals surface area (Å²) in [5, 5.41) is 3.53. The van der Waals surface area contributed by atoms with E-state index in [1.165, 1.54) is 11.3 Å². The molecule has 2 heterocycles. The molecule has 1 saturated heterocycles. The second-order valence-electron chi connectivity index (χ2n) is 9.78. The molecule has 0 unspecified atom stereocenters. The Morgan fingerprint density at radius 1 is 0.949 bits per heavy atom. The second kappa shape index (κ2) is 12.0. The number of sulfonamides is 1. The smallest absolute Gasteiger partial charge is 0.341 e. The molecule has 206 valence electrons. The van der Waals surface area contributed by atoms with Gasteiger partial charge in [0, 0.05) is 43.2 Å². The van der Waals surface area contributed by atoms with E-state index in [1.807, 2.05) is 12.1 Å². The zero-order valence-electron chi connectivity index (χ0n) is 22.0. The van der Waals surface area contributed by atoms with Crippen LogP contribution in [-0.2, 0) is 34.1 Å². The van der Waals surface area contributed by atoms with Crippen LogP contribution in [0.2, 0.25) is 0 Å². The Kier molecular flexibility index (Phi) is 8.46. The quantitative estimate of drug-likeness (QED) is 0.401. The molecule has 0 spiro atoms. The Bertz CT molecular complexity index is 1430. The number of hydrogen-bond acceptors (Lipinski definition) is 7. The van der Waals surface area contributed by atoms with Gasteiger partial charge in [-0.1, -0.05) is 30.3 Å². The third-order valence-electron chi connectivity index (χ3n) is 7.21. The van der Waals surface area contributed by atoms with Crippen LogP contribution in [0.25, 0.3) is 0 Å². The number of esters is 1. The molecule has 2 aromatic carbocycles. The fraction of sp³-hybridized carbons (Fsp3) is 0.379. The minimum absolute atomic E-state index is 0.259. The maximum absolute atomic E-state index is 13.1. The summed E-state index contributed by atoms with van der Waals surface area (Å²) in [7, 11) is -3.48. The van der Waals surface area contributed by atoms with Crippen molar-refractivity contribution in [2.24, 2.45) is 0 Å². The van der Waals surface area contributed by atoms with Crippen molar-refractivity contribution in [3.8, 4) is 0 Å². The van der Waals surface area contributed by atoms with Gasteiger partial charge in [-0.05, 0) is 68.0 Å². The highest BCUT2D eigenvalue weighted by Gasteiger charge is 2.29. The molecule has 10 heteroatoms. The molecule has 3 aromatic rings. The van der Waals surface area contributed by atoms with Crippen LogP contribution >= 0.6 is 11.3 Å². The number of rotatable bonds is 8. The molecule has 0 radical (unpaired) electrons. The van der Waals surface area contributed by atoms with Crippen LogP contribution in [0.4, 0.5) is 5.00 Å². The van der Waals surface area contributed by atoms with Crippen molar-refractivity contribution in [2.45, 2.75) is 44.0 Å². The van der Waals surface area contributed by atoms with Crippen molar-refractivity contribution in [1.82, 2.24) is 9.21 Å². The van der Waals surface area contributed by atoms with E-state index in [4.69, 9.17) is 4.74 Å². The minimum Gasteiger partial charge on any atom is -0.462 e. The first-order chi connectivity index (χ1) is 18.9. The molecule has 1 aliphatic heterocycles. The highest BCUT2D eigenvalue weighted by Crippen LogP contribution is 2.38. The number of piperazine rings is 1. The molecule has 1 amide bonds. The molecule has 2 aliphatic rings. The number of amides is 1. The Labute approximate surface area is 233 Å². The van der Waals surface area contributed by atoms with Gasteiger partial charge in [-0.3, -0.25) is 9.69 Å². The first kappa shape index (κ1) is 27.5. The third-order valence-corrected chi connectivity index (χ3v) is 10.3. The van der Waals surface area contributed by atoms with Crippen LogP contribution < -0.4 is 5.32 Å². The van der Waals surface area contributed by atoms with Gasteiger partial charge in [0.05, 0.1) is 17.1 Å². The van der Waals surface area contributed by atoms with Gasteiger partial charge in [0.15, 0.2) is 0 Å². The van der Waals surface area contributed by atoms with Crippen molar-refractivity contribution in [3.05, 3.63) is 81.7 Å². The number of anilines is 1. The van der Waals surface area contributed by atoms with Crippen molar-refractivity contribution in [1.29, 1.82) is 0 Å². The van der Waals surface area contributed by atoms with Crippen LogP contribution in [0.1, 0.15) is 56.5 Å². The maximum atomic E-state index is 13.1. The van der Waals surface area contributed by atoms with Gasteiger partial charge in [-0.25, -0.2) is 13.2 Å². The van der Waals surface area contributed by atoms with E-state index in [9.17, 15) is 18.0 Å². The van der Waals surface area contributed by atoms with Crippen LogP contribution in [0, 0.1) is 0 Å². The lowest BCUT2D eigenvalue weighted by atomic mass is 9.95. The summed E-state index contributed by atoms with van der Waals surface area (Å²) in [4.78, 5) is 29.5. The summed E-state index contributed by atoms with van der Waals surface area (Å²) in [6.45, 7) is 4.88. The normalized spacial score (nSPS) is 16.4. The summed E-state index contributed by atoms with van der Waals surface area (Å²) in [6, 6.07) is 16.0. The molecule has 0 atom stereocenters. The van der Waals surface area contributed by atoms with E-state index >= 15 is 0 Å². The largest absolute Gasteiger partial charge is 0.462 e. The second-order valence-corrected chi connectivity index (χ2v) is 12.8. The van der Waals surface area contributed by atoms with E-state index in [0.29, 0.717) is 53.7 Å². The van der Waals surface area contributed by atoms with Crippen LogP contribution in [0.15, 0.2) is 59.5 Å². The lowest BCUT2D eigenvalue weighted by molar-refractivity contribution is 0.0526. The van der Waals surface area contributed by atoms with Crippen LogP contribution in [0.3, 0.4) is 0 Å². The van der Waals surface area contributed by atoms with Crippen molar-refractivity contribution in [3.63, 3.8) is 0 Å². The van der Waals surface area contributed by atoms with E-state index in [1.54, 1.807) is 53.7 Å². The van der Waals surface area contributed by atoms with Gasteiger partial charge in [0.25, 0.3) is 5.91 Å². The summed E-state index contributed by atoms with van der Waals surface area (Å²) >= 11 is 1.48. The number of thiophene rings is 1. The van der Waals surface area contributed by atoms with E-state index in [-0.39, 0.29) is 18.5 Å². The summed E-state index contributed by atoms with van der Waals surface area (Å²) in [6.07, 6.45) is 3.87. The van der Waals surface area contributed by atoms with Crippen molar-refractivity contribution >= 4 is 38.2 Å². The van der Waals surface area contributed by atoms with Gasteiger partial charge in [0.1, 0.15) is 5.00 Å². The maximum Gasteiger partial charge on any atom is 0.341 e. The molecular weight excluding hydrogens is 534 g/mol. The fourth-order valence-corrected chi connectivity index (χ4v) is 7.85. The van der Waals surface area contributed by atoms with Crippen LogP contribution in [0.5, 0.6) is 0 Å². The van der Waals surface area contributed by atoms with Gasteiger partial charge in [0.2, 0.25) is 10.0 Å². The van der Waals surface area contributed by atoms with Crippen LogP contribution in [-0.4, -0.2) is 62.3 Å². The van der Waals surface area contributed by atoms with Gasteiger partial charge < -0.3 is 10.1 Å². The molecule has 0 bridgehead atoms. The number of carbonyl (C=O) groups excluding carboxylic acids is 2. The number of ether oxygens (including phenoxy) is 1. The number of nitrogens with zero attached hydrogens (tertiary/aromatic N) is 2. The number of aryl methyl sites for hydroxylation is 1. The topological polar surface area (TPSA) is 96.0 Å². The average molecular weight is 568 g/mol. The summed E-state index contributed by atoms with van der Waals surface area (Å²) in [5.41, 5.74) is 3.09. The zero-order chi connectivity index (χ0) is 27.4. The molecule has 1 aromatic heterocycles. The molecule has 1 fully saturated rings. The molecule has 8 nitrogen and oxygen atoms in total. The molecule has 1 aliphatic carbocycles. The van der Waals surface area contributed by atoms with Crippen molar-refractivity contribution < 1.29 is 22.7 Å². The number of fused-ring (bicyclic) bond motifs is 1. The molecule has 5 rings (SSSR count). The third kappa shape index (κ3) is 6.09. The van der Waals surface area contributed by atoms with E-state index in [2.05, 4.69) is 10.2 Å². The highest BCUT2D eigenvalue weighted by atomic mass is 32.2. The first-order valence-corrected chi connectivity index (χ1v) is 15.6. The van der Waals surface area contributed by atoms with Gasteiger partial charge in [-0.15, -0.1) is 11.3 Å². The number of nitrogens with one attached hydrogen (secondary N) is 1. The SMILES string of the molecule is CCOC(=O)c1c(NC(=O)c2ccc(CN3CCN(S(=O)(=O)c4ccccc4)CC3)cc2)sc2c1CCCC2. The van der Waals surface area contributed by atoms with E-state index in [0.717, 1.165) is 41.7 Å². The summed E-state index contributed by atoms with van der Waals surface area (Å²) in [5.74, 6) is -0.635. The fourth-order valence-electron chi connectivity index (χ4n) is 5.14. The van der Waals surface area contributed by atoms with Gasteiger partial charge >= 0.3 is 5.97 Å². The Morgan fingerprint density at radius 3 is 2.33 bits per heavy atom. The summed E-state index contributed by atoms with van der Waals surface area (Å²) < 4.78 is 32.6. The molecular formula is C29H33N3O5S2.